The van der Waals surface area contributed by atoms with Crippen LogP contribution in [0.2, 0.25) is 0 Å². The first-order valence-corrected chi connectivity index (χ1v) is 6.77. The molecule has 0 bridgehead atoms. The maximum atomic E-state index is 4.12. The van der Waals surface area contributed by atoms with Crippen molar-refractivity contribution in [3.05, 3.63) is 50.9 Å². The Labute approximate surface area is 108 Å². The van der Waals surface area contributed by atoms with Gasteiger partial charge in [-0.15, -0.1) is 11.3 Å². The Morgan fingerprint density at radius 1 is 1.50 bits per heavy atom. The van der Waals surface area contributed by atoms with Crippen LogP contribution in [0.4, 0.5) is 0 Å². The fraction of sp³-hybridized carbons (Fsp3) is 0.250. The Balaban J connectivity index is 2.13. The minimum Gasteiger partial charge on any atom is -0.312 e. The molecule has 0 saturated heterocycles. The number of thiazole rings is 1. The first-order valence-electron chi connectivity index (χ1n) is 5.09. The average Bonchev–Trinajstić information content (AvgIpc) is 2.79. The first-order chi connectivity index (χ1) is 7.79. The summed E-state index contributed by atoms with van der Waals surface area (Å²) in [7, 11) is 1.99. The fourth-order valence-electron chi connectivity index (χ4n) is 1.64. The largest absolute Gasteiger partial charge is 0.312 e. The van der Waals surface area contributed by atoms with E-state index in [2.05, 4.69) is 44.4 Å². The molecule has 1 aromatic heterocycles. The van der Waals surface area contributed by atoms with Crippen molar-refractivity contribution in [2.24, 2.45) is 0 Å². The lowest BCUT2D eigenvalue weighted by atomic mass is 10.1. The van der Waals surface area contributed by atoms with Crippen molar-refractivity contribution >= 4 is 27.3 Å². The Hall–Kier alpha value is -0.710. The van der Waals surface area contributed by atoms with Crippen LogP contribution in [0.15, 0.2) is 40.4 Å². The molecule has 2 nitrogen and oxygen atoms in total. The molecule has 0 aliphatic heterocycles. The summed E-state index contributed by atoms with van der Waals surface area (Å²) in [6, 6.07) is 8.77. The summed E-state index contributed by atoms with van der Waals surface area (Å²) in [6.45, 7) is 0. The average molecular weight is 297 g/mol. The molecule has 84 valence electrons. The monoisotopic (exact) mass is 296 g/mol. The minimum atomic E-state index is 0.349. The Kier molecular flexibility index (Phi) is 4.09. The SMILES string of the molecule is CNC(Cc1cccc(Br)c1)c1cncs1. The topological polar surface area (TPSA) is 24.9 Å². The lowest BCUT2D eigenvalue weighted by molar-refractivity contribution is 0.601. The van der Waals surface area contributed by atoms with Gasteiger partial charge < -0.3 is 5.32 Å². The highest BCUT2D eigenvalue weighted by Gasteiger charge is 2.11. The van der Waals surface area contributed by atoms with Crippen LogP contribution in [0.3, 0.4) is 0 Å². The van der Waals surface area contributed by atoms with Crippen LogP contribution < -0.4 is 5.32 Å². The Morgan fingerprint density at radius 3 is 3.00 bits per heavy atom. The van der Waals surface area contributed by atoms with E-state index in [9.17, 15) is 0 Å². The third-order valence-electron chi connectivity index (χ3n) is 2.47. The van der Waals surface area contributed by atoms with Crippen molar-refractivity contribution in [1.29, 1.82) is 0 Å². The van der Waals surface area contributed by atoms with Crippen molar-refractivity contribution in [3.8, 4) is 0 Å². The summed E-state index contributed by atoms with van der Waals surface area (Å²) >= 11 is 5.19. The van der Waals surface area contributed by atoms with Gasteiger partial charge >= 0.3 is 0 Å². The standard InChI is InChI=1S/C12H13BrN2S/c1-14-11(12-7-15-8-16-12)6-9-3-2-4-10(13)5-9/h2-5,7-8,11,14H,6H2,1H3. The molecule has 2 aromatic rings. The molecule has 0 amide bonds. The zero-order chi connectivity index (χ0) is 11.4. The molecular formula is C12H13BrN2S. The van der Waals surface area contributed by atoms with Crippen LogP contribution >= 0.6 is 27.3 Å². The summed E-state index contributed by atoms with van der Waals surface area (Å²) in [5.41, 5.74) is 3.20. The second kappa shape index (κ2) is 5.57. The summed E-state index contributed by atoms with van der Waals surface area (Å²) in [6.07, 6.45) is 2.92. The van der Waals surface area contributed by atoms with E-state index in [-0.39, 0.29) is 0 Å². The van der Waals surface area contributed by atoms with Gasteiger partial charge in [-0.2, -0.15) is 0 Å². The molecule has 0 fully saturated rings. The van der Waals surface area contributed by atoms with Crippen molar-refractivity contribution in [1.82, 2.24) is 10.3 Å². The van der Waals surface area contributed by atoms with Crippen LogP contribution in [0.5, 0.6) is 0 Å². The molecule has 1 unspecified atom stereocenters. The quantitative estimate of drug-likeness (QED) is 0.935. The lowest BCUT2D eigenvalue weighted by Gasteiger charge is -2.14. The lowest BCUT2D eigenvalue weighted by Crippen LogP contribution is -2.17. The van der Waals surface area contributed by atoms with E-state index in [1.807, 2.05) is 24.8 Å². The number of hydrogen-bond donors (Lipinski definition) is 1. The zero-order valence-corrected chi connectivity index (χ0v) is 11.4. The Morgan fingerprint density at radius 2 is 2.38 bits per heavy atom. The molecule has 0 aliphatic carbocycles. The third kappa shape index (κ3) is 2.90. The van der Waals surface area contributed by atoms with Gasteiger partial charge in [0, 0.05) is 21.6 Å². The van der Waals surface area contributed by atoms with Crippen LogP contribution in [-0.4, -0.2) is 12.0 Å². The van der Waals surface area contributed by atoms with Gasteiger partial charge in [0.15, 0.2) is 0 Å². The number of likely N-dealkylation sites (N-methyl/N-ethyl adjacent to an activating group) is 1. The van der Waals surface area contributed by atoms with Crippen molar-refractivity contribution in [2.45, 2.75) is 12.5 Å². The molecule has 0 aliphatic rings. The summed E-state index contributed by atoms with van der Waals surface area (Å²) in [5, 5.41) is 3.33. The molecule has 4 heteroatoms. The number of nitrogens with one attached hydrogen (secondary N) is 1. The van der Waals surface area contributed by atoms with E-state index >= 15 is 0 Å². The first kappa shape index (κ1) is 11.8. The molecule has 0 radical (unpaired) electrons. The van der Waals surface area contributed by atoms with E-state index < -0.39 is 0 Å². The summed E-state index contributed by atoms with van der Waals surface area (Å²) < 4.78 is 1.13. The number of halogens is 1. The van der Waals surface area contributed by atoms with E-state index in [1.165, 1.54) is 10.4 Å². The smallest absolute Gasteiger partial charge is 0.0794 e. The second-order valence-electron chi connectivity index (χ2n) is 3.58. The molecule has 2 rings (SSSR count). The van der Waals surface area contributed by atoms with Crippen molar-refractivity contribution in [3.63, 3.8) is 0 Å². The van der Waals surface area contributed by atoms with Crippen molar-refractivity contribution < 1.29 is 0 Å². The molecule has 1 heterocycles. The van der Waals surface area contributed by atoms with Gasteiger partial charge in [-0.3, -0.25) is 4.98 Å². The van der Waals surface area contributed by atoms with Gasteiger partial charge in [0.05, 0.1) is 5.51 Å². The molecule has 1 N–H and O–H groups in total. The van der Waals surface area contributed by atoms with Gasteiger partial charge in [0.25, 0.3) is 0 Å². The summed E-state index contributed by atoms with van der Waals surface area (Å²) in [5.74, 6) is 0. The highest BCUT2D eigenvalue weighted by Crippen LogP contribution is 2.22. The van der Waals surface area contributed by atoms with Gasteiger partial charge in [-0.1, -0.05) is 28.1 Å². The highest BCUT2D eigenvalue weighted by atomic mass is 79.9. The minimum absolute atomic E-state index is 0.349. The predicted molar refractivity (Wildman–Crippen MR) is 71.8 cm³/mol. The van der Waals surface area contributed by atoms with Crippen LogP contribution in [0.1, 0.15) is 16.5 Å². The Bertz CT molecular complexity index is 442. The second-order valence-corrected chi connectivity index (χ2v) is 5.41. The number of nitrogens with zero attached hydrogens (tertiary/aromatic N) is 1. The fourth-order valence-corrected chi connectivity index (χ4v) is 2.82. The number of hydrogen-bond acceptors (Lipinski definition) is 3. The summed E-state index contributed by atoms with van der Waals surface area (Å²) in [4.78, 5) is 5.40. The van der Waals surface area contributed by atoms with Gasteiger partial charge in [0.2, 0.25) is 0 Å². The van der Waals surface area contributed by atoms with E-state index in [0.29, 0.717) is 6.04 Å². The molecule has 1 aromatic carbocycles. The highest BCUT2D eigenvalue weighted by molar-refractivity contribution is 9.10. The zero-order valence-electron chi connectivity index (χ0n) is 8.98. The van der Waals surface area contributed by atoms with E-state index in [0.717, 1.165) is 10.9 Å². The van der Waals surface area contributed by atoms with Gasteiger partial charge in [-0.05, 0) is 31.2 Å². The normalized spacial score (nSPS) is 12.6. The number of aromatic nitrogens is 1. The molecule has 0 spiro atoms. The number of benzene rings is 1. The maximum Gasteiger partial charge on any atom is 0.0794 e. The van der Waals surface area contributed by atoms with E-state index in [1.54, 1.807) is 11.3 Å². The third-order valence-corrected chi connectivity index (χ3v) is 3.85. The van der Waals surface area contributed by atoms with Crippen LogP contribution in [-0.2, 0) is 6.42 Å². The van der Waals surface area contributed by atoms with Gasteiger partial charge in [-0.25, -0.2) is 0 Å². The van der Waals surface area contributed by atoms with E-state index in [4.69, 9.17) is 0 Å². The van der Waals surface area contributed by atoms with Crippen LogP contribution in [0, 0.1) is 0 Å². The molecular weight excluding hydrogens is 284 g/mol. The molecule has 1 atom stereocenters. The van der Waals surface area contributed by atoms with Crippen LogP contribution in [0.25, 0.3) is 0 Å². The molecule has 16 heavy (non-hydrogen) atoms. The maximum absolute atomic E-state index is 4.12. The number of rotatable bonds is 4. The molecule has 0 saturated carbocycles. The predicted octanol–water partition coefficient (Wildman–Crippen LogP) is 3.41. The van der Waals surface area contributed by atoms with Gasteiger partial charge in [0.1, 0.15) is 0 Å². The van der Waals surface area contributed by atoms with Crippen molar-refractivity contribution in [2.75, 3.05) is 7.05 Å².